The fourth-order valence-corrected chi connectivity index (χ4v) is 4.15. The first kappa shape index (κ1) is 18.8. The molecule has 5 heteroatoms. The van der Waals surface area contributed by atoms with Gasteiger partial charge in [0, 0.05) is 13.0 Å². The third-order valence-corrected chi connectivity index (χ3v) is 5.74. The van der Waals surface area contributed by atoms with Gasteiger partial charge in [0.25, 0.3) is 5.91 Å². The number of carbonyl (C=O) groups is 1. The van der Waals surface area contributed by atoms with E-state index < -0.39 is 6.10 Å². The van der Waals surface area contributed by atoms with Gasteiger partial charge in [-0.3, -0.25) is 9.69 Å². The lowest BCUT2D eigenvalue weighted by atomic mass is 10.0. The number of nitrogens with zero attached hydrogens (tertiary/aromatic N) is 1. The second kappa shape index (κ2) is 8.65. The first-order valence-electron chi connectivity index (χ1n) is 10.1. The highest BCUT2D eigenvalue weighted by atomic mass is 16.5. The van der Waals surface area contributed by atoms with Crippen LogP contribution < -0.4 is 14.8 Å². The van der Waals surface area contributed by atoms with Crippen molar-refractivity contribution >= 4 is 5.91 Å². The van der Waals surface area contributed by atoms with Gasteiger partial charge in [0.2, 0.25) is 0 Å². The standard InChI is InChI=1S/C23H28N2O3/c1-27-19-11-9-17(10-12-19)20(25-13-5-2-6-14-25)16-24-23(26)22-15-18-7-3-4-8-21(18)28-22/h3-4,7-12,20,22H,2,5-6,13-16H2,1H3,(H,24,26). The van der Waals surface area contributed by atoms with Crippen molar-refractivity contribution in [3.8, 4) is 11.5 Å². The topological polar surface area (TPSA) is 50.8 Å². The molecule has 28 heavy (non-hydrogen) atoms. The van der Waals surface area contributed by atoms with Gasteiger partial charge in [-0.25, -0.2) is 0 Å². The zero-order chi connectivity index (χ0) is 19.3. The van der Waals surface area contributed by atoms with Crippen LogP contribution in [0.2, 0.25) is 0 Å². The molecule has 0 bridgehead atoms. The third kappa shape index (κ3) is 4.14. The zero-order valence-corrected chi connectivity index (χ0v) is 16.4. The fraction of sp³-hybridized carbons (Fsp3) is 0.435. The van der Waals surface area contributed by atoms with E-state index in [-0.39, 0.29) is 11.9 Å². The Balaban J connectivity index is 1.42. The number of para-hydroxylation sites is 1. The average molecular weight is 380 g/mol. The van der Waals surface area contributed by atoms with E-state index in [1.807, 2.05) is 36.4 Å². The molecule has 2 atom stereocenters. The molecule has 0 aliphatic carbocycles. The van der Waals surface area contributed by atoms with Gasteiger partial charge >= 0.3 is 0 Å². The number of rotatable bonds is 6. The molecule has 2 heterocycles. The Hall–Kier alpha value is -2.53. The van der Waals surface area contributed by atoms with E-state index in [0.29, 0.717) is 13.0 Å². The normalized spacial score (nSPS) is 20.1. The molecule has 2 aliphatic rings. The predicted molar refractivity (Wildman–Crippen MR) is 109 cm³/mol. The van der Waals surface area contributed by atoms with E-state index in [1.54, 1.807) is 7.11 Å². The van der Waals surface area contributed by atoms with E-state index >= 15 is 0 Å². The van der Waals surface area contributed by atoms with Gasteiger partial charge in [0.1, 0.15) is 11.5 Å². The summed E-state index contributed by atoms with van der Waals surface area (Å²) in [5, 5.41) is 3.15. The van der Waals surface area contributed by atoms with Gasteiger partial charge in [-0.15, -0.1) is 0 Å². The summed E-state index contributed by atoms with van der Waals surface area (Å²) in [6.07, 6.45) is 3.91. The van der Waals surface area contributed by atoms with Crippen LogP contribution in [0, 0.1) is 0 Å². The number of benzene rings is 2. The van der Waals surface area contributed by atoms with Gasteiger partial charge in [-0.1, -0.05) is 36.8 Å². The Morgan fingerprint density at radius 1 is 1.14 bits per heavy atom. The van der Waals surface area contributed by atoms with E-state index in [4.69, 9.17) is 9.47 Å². The smallest absolute Gasteiger partial charge is 0.261 e. The van der Waals surface area contributed by atoms with Crippen LogP contribution in [0.1, 0.15) is 36.4 Å². The van der Waals surface area contributed by atoms with Crippen LogP contribution in [0.3, 0.4) is 0 Å². The molecule has 2 aromatic rings. The second-order valence-corrected chi connectivity index (χ2v) is 7.55. The maximum atomic E-state index is 12.8. The van der Waals surface area contributed by atoms with Crippen molar-refractivity contribution in [2.75, 3.05) is 26.7 Å². The van der Waals surface area contributed by atoms with Crippen molar-refractivity contribution in [1.82, 2.24) is 10.2 Å². The molecule has 1 fully saturated rings. The van der Waals surface area contributed by atoms with Gasteiger partial charge in [0.15, 0.2) is 6.10 Å². The number of hydrogen-bond donors (Lipinski definition) is 1. The molecule has 2 aliphatic heterocycles. The van der Waals surface area contributed by atoms with Crippen molar-refractivity contribution < 1.29 is 14.3 Å². The summed E-state index contributed by atoms with van der Waals surface area (Å²) in [4.78, 5) is 15.2. The van der Waals surface area contributed by atoms with Gasteiger partial charge in [-0.2, -0.15) is 0 Å². The Morgan fingerprint density at radius 3 is 2.61 bits per heavy atom. The molecule has 1 N–H and O–H groups in total. The summed E-state index contributed by atoms with van der Waals surface area (Å²) in [6.45, 7) is 2.72. The SMILES string of the molecule is COc1ccc(C(CNC(=O)C2Cc3ccccc3O2)N2CCCCC2)cc1. The number of carbonyl (C=O) groups excluding carboxylic acids is 1. The molecule has 5 nitrogen and oxygen atoms in total. The Labute approximate surface area is 166 Å². The Bertz CT molecular complexity index is 775. The summed E-state index contributed by atoms with van der Waals surface area (Å²) in [7, 11) is 1.68. The molecule has 0 saturated carbocycles. The lowest BCUT2D eigenvalue weighted by Crippen LogP contribution is -2.44. The van der Waals surface area contributed by atoms with Crippen molar-refractivity contribution in [2.24, 2.45) is 0 Å². The molecule has 0 aromatic heterocycles. The van der Waals surface area contributed by atoms with E-state index in [0.717, 1.165) is 30.2 Å². The number of hydrogen-bond acceptors (Lipinski definition) is 4. The second-order valence-electron chi connectivity index (χ2n) is 7.55. The monoisotopic (exact) mass is 380 g/mol. The Kier molecular flexibility index (Phi) is 5.81. The molecule has 0 radical (unpaired) electrons. The largest absolute Gasteiger partial charge is 0.497 e. The first-order valence-corrected chi connectivity index (χ1v) is 10.1. The maximum Gasteiger partial charge on any atom is 0.261 e. The van der Waals surface area contributed by atoms with E-state index in [1.165, 1.54) is 24.8 Å². The molecule has 2 aromatic carbocycles. The van der Waals surface area contributed by atoms with Crippen LogP contribution in [0.5, 0.6) is 11.5 Å². The highest BCUT2D eigenvalue weighted by Gasteiger charge is 2.30. The van der Waals surface area contributed by atoms with Crippen LogP contribution in [0.15, 0.2) is 48.5 Å². The molecule has 148 valence electrons. The lowest BCUT2D eigenvalue weighted by Gasteiger charge is -2.35. The first-order chi connectivity index (χ1) is 13.7. The summed E-state index contributed by atoms with van der Waals surface area (Å²) in [6, 6.07) is 16.2. The molecule has 2 unspecified atom stereocenters. The maximum absolute atomic E-state index is 12.8. The van der Waals surface area contributed by atoms with Crippen LogP contribution in [0.4, 0.5) is 0 Å². The quantitative estimate of drug-likeness (QED) is 0.835. The molecule has 4 rings (SSSR count). The fourth-order valence-electron chi connectivity index (χ4n) is 4.15. The minimum absolute atomic E-state index is 0.0354. The number of ether oxygens (including phenoxy) is 2. The number of piperidine rings is 1. The van der Waals surface area contributed by atoms with Crippen molar-refractivity contribution in [1.29, 1.82) is 0 Å². The molecular formula is C23H28N2O3. The van der Waals surface area contributed by atoms with E-state index in [9.17, 15) is 4.79 Å². The van der Waals surface area contributed by atoms with Crippen LogP contribution in [0.25, 0.3) is 0 Å². The molecule has 0 spiro atoms. The molecule has 1 amide bonds. The molecular weight excluding hydrogens is 352 g/mol. The van der Waals surface area contributed by atoms with Crippen molar-refractivity contribution in [3.63, 3.8) is 0 Å². The van der Waals surface area contributed by atoms with Crippen LogP contribution in [-0.2, 0) is 11.2 Å². The Morgan fingerprint density at radius 2 is 1.89 bits per heavy atom. The summed E-state index contributed by atoms with van der Waals surface area (Å²) in [5.41, 5.74) is 2.31. The highest BCUT2D eigenvalue weighted by molar-refractivity contribution is 5.82. The number of fused-ring (bicyclic) bond motifs is 1. The van der Waals surface area contributed by atoms with Crippen molar-refractivity contribution in [2.45, 2.75) is 37.8 Å². The minimum Gasteiger partial charge on any atom is -0.497 e. The average Bonchev–Trinajstić information content (AvgIpc) is 3.19. The van der Waals surface area contributed by atoms with Crippen LogP contribution in [-0.4, -0.2) is 43.7 Å². The highest BCUT2D eigenvalue weighted by Crippen LogP contribution is 2.29. The number of amides is 1. The third-order valence-electron chi connectivity index (χ3n) is 5.74. The summed E-state index contributed by atoms with van der Waals surface area (Å²) in [5.74, 6) is 1.64. The van der Waals surface area contributed by atoms with Crippen molar-refractivity contribution in [3.05, 3.63) is 59.7 Å². The summed E-state index contributed by atoms with van der Waals surface area (Å²) < 4.78 is 11.1. The van der Waals surface area contributed by atoms with Gasteiger partial charge in [0.05, 0.1) is 13.2 Å². The van der Waals surface area contributed by atoms with Crippen LogP contribution >= 0.6 is 0 Å². The molecule has 1 saturated heterocycles. The minimum atomic E-state index is -0.435. The van der Waals surface area contributed by atoms with Gasteiger partial charge < -0.3 is 14.8 Å². The summed E-state index contributed by atoms with van der Waals surface area (Å²) >= 11 is 0. The van der Waals surface area contributed by atoms with Gasteiger partial charge in [-0.05, 0) is 55.3 Å². The number of nitrogens with one attached hydrogen (secondary N) is 1. The lowest BCUT2D eigenvalue weighted by molar-refractivity contribution is -0.127. The van der Waals surface area contributed by atoms with E-state index in [2.05, 4.69) is 22.3 Å². The zero-order valence-electron chi connectivity index (χ0n) is 16.4. The number of methoxy groups -OCH3 is 1. The predicted octanol–water partition coefficient (Wildman–Crippen LogP) is 3.34. The number of likely N-dealkylation sites (tertiary alicyclic amines) is 1.